The van der Waals surface area contributed by atoms with Gasteiger partial charge in [0.05, 0.1) is 6.10 Å². The molecule has 11 heavy (non-hydrogen) atoms. The summed E-state index contributed by atoms with van der Waals surface area (Å²) >= 11 is 0. The molecular formula is C9H15O2. The lowest BCUT2D eigenvalue weighted by Gasteiger charge is -2.29. The van der Waals surface area contributed by atoms with Crippen molar-refractivity contribution in [3.8, 4) is 0 Å². The first-order chi connectivity index (χ1) is 5.29. The third kappa shape index (κ3) is 1.94. The Kier molecular flexibility index (Phi) is 1.90. The Morgan fingerprint density at radius 1 is 1.09 bits per heavy atom. The zero-order valence-electron chi connectivity index (χ0n) is 6.84. The monoisotopic (exact) mass is 155 g/mol. The summed E-state index contributed by atoms with van der Waals surface area (Å²) in [7, 11) is 0. The first-order valence-corrected chi connectivity index (χ1v) is 4.67. The van der Waals surface area contributed by atoms with Gasteiger partial charge in [-0.15, -0.1) is 0 Å². The summed E-state index contributed by atoms with van der Waals surface area (Å²) in [5.41, 5.74) is 0. The van der Waals surface area contributed by atoms with E-state index in [9.17, 15) is 5.11 Å². The van der Waals surface area contributed by atoms with Gasteiger partial charge in [0.15, 0.2) is 0 Å². The van der Waals surface area contributed by atoms with E-state index in [0.29, 0.717) is 6.10 Å². The van der Waals surface area contributed by atoms with Gasteiger partial charge in [-0.2, -0.15) is 5.11 Å². The maximum Gasteiger partial charge on any atom is 0.201 e. The van der Waals surface area contributed by atoms with Gasteiger partial charge in [-0.1, -0.05) is 6.42 Å². The van der Waals surface area contributed by atoms with E-state index < -0.39 is 5.79 Å². The molecule has 63 valence electrons. The maximum atomic E-state index is 11.8. The summed E-state index contributed by atoms with van der Waals surface area (Å²) in [6.45, 7) is 0. The third-order valence-corrected chi connectivity index (χ3v) is 2.52. The van der Waals surface area contributed by atoms with Crippen LogP contribution >= 0.6 is 0 Å². The minimum atomic E-state index is -0.987. The second kappa shape index (κ2) is 2.76. The highest BCUT2D eigenvalue weighted by Gasteiger charge is 2.38. The zero-order valence-corrected chi connectivity index (χ0v) is 6.84. The summed E-state index contributed by atoms with van der Waals surface area (Å²) in [6.07, 6.45) is 7.39. The second-order valence-electron chi connectivity index (χ2n) is 3.79. The van der Waals surface area contributed by atoms with E-state index in [-0.39, 0.29) is 0 Å². The van der Waals surface area contributed by atoms with Crippen molar-refractivity contribution in [2.75, 3.05) is 0 Å². The molecule has 2 heteroatoms. The lowest BCUT2D eigenvalue weighted by atomic mass is 9.94. The van der Waals surface area contributed by atoms with Crippen LogP contribution in [-0.4, -0.2) is 11.9 Å². The number of hydrogen-bond donors (Lipinski definition) is 0. The molecule has 2 nitrogen and oxygen atoms in total. The molecule has 1 radical (unpaired) electrons. The van der Waals surface area contributed by atoms with E-state index in [2.05, 4.69) is 0 Å². The fraction of sp³-hybridized carbons (Fsp3) is 1.00. The molecule has 0 aliphatic heterocycles. The molecule has 0 bridgehead atoms. The van der Waals surface area contributed by atoms with E-state index in [1.807, 2.05) is 0 Å². The summed E-state index contributed by atoms with van der Waals surface area (Å²) in [4.78, 5) is 0. The van der Waals surface area contributed by atoms with E-state index in [1.165, 1.54) is 6.42 Å². The lowest BCUT2D eigenvalue weighted by Crippen LogP contribution is -2.33. The van der Waals surface area contributed by atoms with Crippen molar-refractivity contribution < 1.29 is 9.84 Å². The van der Waals surface area contributed by atoms with Crippen LogP contribution in [0, 0.1) is 0 Å². The molecule has 2 aliphatic rings. The summed E-state index contributed by atoms with van der Waals surface area (Å²) in [6, 6.07) is 0. The van der Waals surface area contributed by atoms with Crippen LogP contribution in [0.15, 0.2) is 0 Å². The van der Waals surface area contributed by atoms with Crippen LogP contribution in [0.4, 0.5) is 0 Å². The first-order valence-electron chi connectivity index (χ1n) is 4.67. The van der Waals surface area contributed by atoms with Crippen molar-refractivity contribution in [2.24, 2.45) is 0 Å². The Balaban J connectivity index is 1.84. The molecule has 0 aromatic carbocycles. The van der Waals surface area contributed by atoms with Gasteiger partial charge >= 0.3 is 0 Å². The van der Waals surface area contributed by atoms with Gasteiger partial charge in [-0.05, 0) is 25.7 Å². The van der Waals surface area contributed by atoms with E-state index in [1.54, 1.807) is 0 Å². The lowest BCUT2D eigenvalue weighted by molar-refractivity contribution is -0.261. The van der Waals surface area contributed by atoms with Crippen molar-refractivity contribution >= 4 is 0 Å². The Labute approximate surface area is 67.6 Å². The van der Waals surface area contributed by atoms with Crippen molar-refractivity contribution in [3.63, 3.8) is 0 Å². The van der Waals surface area contributed by atoms with E-state index >= 15 is 0 Å². The van der Waals surface area contributed by atoms with E-state index in [4.69, 9.17) is 4.74 Å². The summed E-state index contributed by atoms with van der Waals surface area (Å²) in [5, 5.41) is 11.8. The topological polar surface area (TPSA) is 29.1 Å². The minimum Gasteiger partial charge on any atom is -0.344 e. The molecule has 2 saturated carbocycles. The molecule has 2 aliphatic carbocycles. The van der Waals surface area contributed by atoms with Gasteiger partial charge in [0.1, 0.15) is 0 Å². The smallest absolute Gasteiger partial charge is 0.201 e. The normalized spacial score (nSPS) is 30.3. The van der Waals surface area contributed by atoms with Gasteiger partial charge in [-0.25, -0.2) is 0 Å². The highest BCUT2D eigenvalue weighted by Crippen LogP contribution is 2.36. The van der Waals surface area contributed by atoms with Crippen LogP contribution in [-0.2, 0) is 9.84 Å². The average molecular weight is 155 g/mol. The van der Waals surface area contributed by atoms with Crippen molar-refractivity contribution in [3.05, 3.63) is 0 Å². The first kappa shape index (κ1) is 7.56. The van der Waals surface area contributed by atoms with Gasteiger partial charge < -0.3 is 4.74 Å². The molecule has 2 fully saturated rings. The largest absolute Gasteiger partial charge is 0.344 e. The predicted octanol–water partition coefficient (Wildman–Crippen LogP) is 2.26. The molecule has 2 rings (SSSR count). The molecule has 0 aromatic heterocycles. The number of rotatable bonds is 2. The van der Waals surface area contributed by atoms with Crippen LogP contribution in [0.2, 0.25) is 0 Å². The third-order valence-electron chi connectivity index (χ3n) is 2.52. The van der Waals surface area contributed by atoms with Crippen LogP contribution < -0.4 is 0 Å². The standard InChI is InChI=1S/C9H15O2/c10-9(11-8-4-5-8)6-2-1-3-7-9/h8H,1-7H2. The predicted molar refractivity (Wildman–Crippen MR) is 40.6 cm³/mol. The quantitative estimate of drug-likeness (QED) is 0.562. The van der Waals surface area contributed by atoms with Crippen molar-refractivity contribution in [1.29, 1.82) is 0 Å². The Hall–Kier alpha value is -0.0800. The summed E-state index contributed by atoms with van der Waals surface area (Å²) < 4.78 is 5.43. The molecule has 0 atom stereocenters. The Bertz CT molecular complexity index is 134. The van der Waals surface area contributed by atoms with Gasteiger partial charge in [0.25, 0.3) is 0 Å². The molecule has 0 unspecified atom stereocenters. The molecule has 0 heterocycles. The second-order valence-corrected chi connectivity index (χ2v) is 3.79. The highest BCUT2D eigenvalue weighted by molar-refractivity contribution is 4.80. The Morgan fingerprint density at radius 3 is 2.27 bits per heavy atom. The molecule has 0 saturated heterocycles. The highest BCUT2D eigenvalue weighted by atomic mass is 16.6. The van der Waals surface area contributed by atoms with Gasteiger partial charge in [0.2, 0.25) is 5.79 Å². The van der Waals surface area contributed by atoms with Crippen LogP contribution in [0.5, 0.6) is 0 Å². The molecule has 0 N–H and O–H groups in total. The number of hydrogen-bond acceptors (Lipinski definition) is 1. The SMILES string of the molecule is [O]C1(OC2CC2)CCCCC1. The number of ether oxygens (including phenoxy) is 1. The van der Waals surface area contributed by atoms with Gasteiger partial charge in [-0.3, -0.25) is 0 Å². The fourth-order valence-corrected chi connectivity index (χ4v) is 1.70. The molecule has 0 aromatic rings. The molecule has 0 spiro atoms. The Morgan fingerprint density at radius 2 is 1.73 bits per heavy atom. The van der Waals surface area contributed by atoms with Crippen molar-refractivity contribution in [2.45, 2.75) is 56.8 Å². The average Bonchev–Trinajstić information content (AvgIpc) is 2.72. The van der Waals surface area contributed by atoms with Crippen LogP contribution in [0.3, 0.4) is 0 Å². The zero-order chi connectivity index (χ0) is 7.73. The van der Waals surface area contributed by atoms with Crippen LogP contribution in [0.25, 0.3) is 0 Å². The maximum absolute atomic E-state index is 11.8. The van der Waals surface area contributed by atoms with Crippen molar-refractivity contribution in [1.82, 2.24) is 0 Å². The van der Waals surface area contributed by atoms with Gasteiger partial charge in [0, 0.05) is 12.8 Å². The summed E-state index contributed by atoms with van der Waals surface area (Å²) in [5.74, 6) is -0.987. The molecule has 0 amide bonds. The fourth-order valence-electron chi connectivity index (χ4n) is 1.70. The molecular weight excluding hydrogens is 140 g/mol. The minimum absolute atomic E-state index is 0.325. The van der Waals surface area contributed by atoms with E-state index in [0.717, 1.165) is 38.5 Å². The van der Waals surface area contributed by atoms with Crippen LogP contribution in [0.1, 0.15) is 44.9 Å².